The molecule has 7 heteroatoms. The molecular weight excluding hydrogens is 414 g/mol. The molecule has 0 saturated carbocycles. The Morgan fingerprint density at radius 1 is 1.09 bits per heavy atom. The van der Waals surface area contributed by atoms with Gasteiger partial charge in [-0.3, -0.25) is 9.59 Å². The number of anilines is 1. The lowest BCUT2D eigenvalue weighted by atomic mass is 9.95. The van der Waals surface area contributed by atoms with E-state index in [-0.39, 0.29) is 5.56 Å². The van der Waals surface area contributed by atoms with Crippen molar-refractivity contribution in [3.8, 4) is 17.3 Å². The van der Waals surface area contributed by atoms with Gasteiger partial charge in [0.05, 0.1) is 18.0 Å². The van der Waals surface area contributed by atoms with Gasteiger partial charge in [-0.1, -0.05) is 49.4 Å². The van der Waals surface area contributed by atoms with Gasteiger partial charge in [-0.2, -0.15) is 10.4 Å². The summed E-state index contributed by atoms with van der Waals surface area (Å²) in [7, 11) is 0. The number of aromatic nitrogens is 3. The Hall–Kier alpha value is -4.31. The Kier molecular flexibility index (Phi) is 6.27. The Morgan fingerprint density at radius 3 is 2.45 bits per heavy atom. The topological polar surface area (TPSA) is 101 Å². The van der Waals surface area contributed by atoms with Crippen LogP contribution in [0, 0.1) is 17.2 Å². The van der Waals surface area contributed by atoms with Crippen molar-refractivity contribution in [3.05, 3.63) is 78.0 Å². The van der Waals surface area contributed by atoms with Crippen LogP contribution in [0.4, 0.5) is 5.69 Å². The van der Waals surface area contributed by atoms with Gasteiger partial charge in [-0.15, -0.1) is 0 Å². The largest absolute Gasteiger partial charge is 0.325 e. The summed E-state index contributed by atoms with van der Waals surface area (Å²) in [6.45, 7) is 4.54. The second kappa shape index (κ2) is 9.45. The van der Waals surface area contributed by atoms with Crippen molar-refractivity contribution >= 4 is 28.4 Å². The zero-order chi connectivity index (χ0) is 23.4. The quantitative estimate of drug-likeness (QED) is 0.335. The van der Waals surface area contributed by atoms with Crippen molar-refractivity contribution in [1.82, 2.24) is 14.8 Å². The second-order valence-electron chi connectivity index (χ2n) is 7.58. The number of nitrogens with one attached hydrogen (secondary N) is 1. The van der Waals surface area contributed by atoms with Gasteiger partial charge in [0.1, 0.15) is 0 Å². The molecule has 1 unspecified atom stereocenters. The van der Waals surface area contributed by atoms with Gasteiger partial charge >= 0.3 is 0 Å². The average Bonchev–Trinajstić information content (AvgIpc) is 3.28. The molecule has 1 N–H and O–H groups in total. The maximum atomic E-state index is 13.5. The van der Waals surface area contributed by atoms with Crippen LogP contribution in [0.1, 0.15) is 29.8 Å². The number of benzene rings is 2. The molecule has 7 nitrogen and oxygen atoms in total. The molecule has 164 valence electrons. The number of nitriles is 1. The molecule has 2 heterocycles. The van der Waals surface area contributed by atoms with Gasteiger partial charge in [0.2, 0.25) is 5.91 Å². The third kappa shape index (κ3) is 4.37. The highest BCUT2D eigenvalue weighted by molar-refractivity contribution is 6.19. The molecule has 2 aromatic carbocycles. The highest BCUT2D eigenvalue weighted by Gasteiger charge is 2.30. The maximum Gasteiger partial charge on any atom is 0.249 e. The van der Waals surface area contributed by atoms with Crippen molar-refractivity contribution in [1.29, 1.82) is 5.26 Å². The first kappa shape index (κ1) is 21.9. The molecule has 0 spiro atoms. The standard InChI is InChI=1S/C26H23N5O2/c1-3-17-10-12-19(13-11-17)29-26(33)21(15-27)24(32)20-14-23(18-8-6-5-7-9-18)30-25-22(20)16-28-31(25)4-2/h5-14,16,21H,3-4H2,1-2H3,(H,29,33). The minimum atomic E-state index is -1.50. The van der Waals surface area contributed by atoms with Gasteiger partial charge in [-0.05, 0) is 37.1 Å². The summed E-state index contributed by atoms with van der Waals surface area (Å²) in [6.07, 6.45) is 2.43. The number of fused-ring (bicyclic) bond motifs is 1. The monoisotopic (exact) mass is 437 g/mol. The lowest BCUT2D eigenvalue weighted by Crippen LogP contribution is -2.29. The lowest BCUT2D eigenvalue weighted by Gasteiger charge is -2.12. The van der Waals surface area contributed by atoms with E-state index in [4.69, 9.17) is 4.98 Å². The Balaban J connectivity index is 1.72. The summed E-state index contributed by atoms with van der Waals surface area (Å²) in [6, 6.07) is 20.3. The molecule has 0 aliphatic rings. The third-order valence-corrected chi connectivity index (χ3v) is 5.53. The van der Waals surface area contributed by atoms with Crippen LogP contribution in [0.3, 0.4) is 0 Å². The number of aryl methyl sites for hydroxylation is 2. The predicted octanol–water partition coefficient (Wildman–Crippen LogP) is 4.64. The molecule has 0 aliphatic heterocycles. The fraction of sp³-hybridized carbons (Fsp3) is 0.192. The van der Waals surface area contributed by atoms with E-state index in [1.54, 1.807) is 29.1 Å². The van der Waals surface area contributed by atoms with Gasteiger partial charge in [0, 0.05) is 28.7 Å². The van der Waals surface area contributed by atoms with Gasteiger partial charge in [-0.25, -0.2) is 9.67 Å². The van der Waals surface area contributed by atoms with Gasteiger partial charge in [0.15, 0.2) is 17.3 Å². The maximum absolute atomic E-state index is 13.5. The van der Waals surface area contributed by atoms with E-state index in [1.165, 1.54) is 0 Å². The molecule has 0 fully saturated rings. The molecule has 33 heavy (non-hydrogen) atoms. The van der Waals surface area contributed by atoms with E-state index in [0.29, 0.717) is 29.0 Å². The summed E-state index contributed by atoms with van der Waals surface area (Å²) < 4.78 is 1.69. The van der Waals surface area contributed by atoms with Crippen molar-refractivity contribution in [2.45, 2.75) is 26.8 Å². The van der Waals surface area contributed by atoms with Crippen LogP contribution < -0.4 is 5.32 Å². The van der Waals surface area contributed by atoms with Crippen LogP contribution in [0.2, 0.25) is 0 Å². The first-order valence-electron chi connectivity index (χ1n) is 10.8. The van der Waals surface area contributed by atoms with Crippen molar-refractivity contribution < 1.29 is 9.59 Å². The molecule has 4 rings (SSSR count). The normalized spacial score (nSPS) is 11.7. The summed E-state index contributed by atoms with van der Waals surface area (Å²) in [4.78, 5) is 31.0. The first-order chi connectivity index (χ1) is 16.0. The number of pyridine rings is 1. The van der Waals surface area contributed by atoms with E-state index in [0.717, 1.165) is 17.5 Å². The number of hydrogen-bond donors (Lipinski definition) is 1. The van der Waals surface area contributed by atoms with Crippen LogP contribution >= 0.6 is 0 Å². The van der Waals surface area contributed by atoms with E-state index < -0.39 is 17.6 Å². The van der Waals surface area contributed by atoms with E-state index in [9.17, 15) is 14.9 Å². The van der Waals surface area contributed by atoms with E-state index in [2.05, 4.69) is 10.4 Å². The zero-order valence-corrected chi connectivity index (χ0v) is 18.4. The molecule has 0 bridgehead atoms. The highest BCUT2D eigenvalue weighted by atomic mass is 16.2. The van der Waals surface area contributed by atoms with E-state index >= 15 is 0 Å². The molecule has 1 atom stereocenters. The van der Waals surface area contributed by atoms with Gasteiger partial charge in [0.25, 0.3) is 0 Å². The number of nitrogens with zero attached hydrogens (tertiary/aromatic N) is 4. The molecule has 2 aromatic heterocycles. The fourth-order valence-electron chi connectivity index (χ4n) is 3.67. The fourth-order valence-corrected chi connectivity index (χ4v) is 3.67. The SMILES string of the molecule is CCc1ccc(NC(=O)C(C#N)C(=O)c2cc(-c3ccccc3)nc3c2cnn3CC)cc1. The van der Waals surface area contributed by atoms with Crippen molar-refractivity contribution in [2.24, 2.45) is 5.92 Å². The highest BCUT2D eigenvalue weighted by Crippen LogP contribution is 2.27. The zero-order valence-electron chi connectivity index (χ0n) is 18.4. The number of hydrogen-bond acceptors (Lipinski definition) is 5. The van der Waals surface area contributed by atoms with Crippen LogP contribution in [0.15, 0.2) is 66.9 Å². The number of ketones is 1. The number of amides is 1. The smallest absolute Gasteiger partial charge is 0.249 e. The summed E-state index contributed by atoms with van der Waals surface area (Å²) in [5.74, 6) is -2.75. The van der Waals surface area contributed by atoms with Crippen LogP contribution in [0.25, 0.3) is 22.3 Å². The number of Topliss-reactive ketones (excluding diaryl/α,β-unsaturated/α-hetero) is 1. The second-order valence-corrected chi connectivity index (χ2v) is 7.58. The number of rotatable bonds is 7. The first-order valence-corrected chi connectivity index (χ1v) is 10.8. The number of carbonyl (C=O) groups is 2. The predicted molar refractivity (Wildman–Crippen MR) is 127 cm³/mol. The molecule has 1 amide bonds. The lowest BCUT2D eigenvalue weighted by molar-refractivity contribution is -0.117. The Bertz CT molecular complexity index is 1350. The third-order valence-electron chi connectivity index (χ3n) is 5.53. The summed E-state index contributed by atoms with van der Waals surface area (Å²) >= 11 is 0. The molecule has 0 aliphatic carbocycles. The van der Waals surface area contributed by atoms with Crippen molar-refractivity contribution in [3.63, 3.8) is 0 Å². The number of carbonyl (C=O) groups excluding carboxylic acids is 2. The molecule has 0 radical (unpaired) electrons. The summed E-state index contributed by atoms with van der Waals surface area (Å²) in [5.41, 5.74) is 3.85. The minimum Gasteiger partial charge on any atom is -0.325 e. The summed E-state index contributed by atoms with van der Waals surface area (Å²) in [5, 5.41) is 17.3. The van der Waals surface area contributed by atoms with E-state index in [1.807, 2.05) is 62.4 Å². The van der Waals surface area contributed by atoms with Gasteiger partial charge < -0.3 is 5.32 Å². The Morgan fingerprint density at radius 2 is 1.82 bits per heavy atom. The Labute approximate surface area is 191 Å². The minimum absolute atomic E-state index is 0.251. The molecular formula is C26H23N5O2. The van der Waals surface area contributed by atoms with Crippen molar-refractivity contribution in [2.75, 3.05) is 5.32 Å². The van der Waals surface area contributed by atoms with Crippen LogP contribution in [0.5, 0.6) is 0 Å². The molecule has 0 saturated heterocycles. The van der Waals surface area contributed by atoms with Crippen LogP contribution in [-0.4, -0.2) is 26.5 Å². The van der Waals surface area contributed by atoms with Crippen LogP contribution in [-0.2, 0) is 17.8 Å². The molecule has 4 aromatic rings. The average molecular weight is 438 g/mol.